The van der Waals surface area contributed by atoms with Gasteiger partial charge in [-0.15, -0.1) is 11.3 Å². The van der Waals surface area contributed by atoms with E-state index in [4.69, 9.17) is 4.74 Å². The van der Waals surface area contributed by atoms with Crippen LogP contribution in [0.3, 0.4) is 0 Å². The van der Waals surface area contributed by atoms with Crippen molar-refractivity contribution in [2.75, 3.05) is 20.2 Å². The molecule has 2 aromatic heterocycles. The van der Waals surface area contributed by atoms with E-state index in [-0.39, 0.29) is 11.5 Å². The van der Waals surface area contributed by atoms with Gasteiger partial charge in [0.05, 0.1) is 29.2 Å². The van der Waals surface area contributed by atoms with Gasteiger partial charge in [-0.2, -0.15) is 0 Å². The minimum atomic E-state index is -0.0276. The van der Waals surface area contributed by atoms with Gasteiger partial charge in [0.25, 0.3) is 11.5 Å². The van der Waals surface area contributed by atoms with Crippen molar-refractivity contribution in [1.82, 2.24) is 14.5 Å². The molecule has 3 heterocycles. The van der Waals surface area contributed by atoms with Crippen molar-refractivity contribution in [3.63, 3.8) is 0 Å². The van der Waals surface area contributed by atoms with E-state index in [9.17, 15) is 9.59 Å². The number of ether oxygens (including phenoxy) is 1. The van der Waals surface area contributed by atoms with Gasteiger partial charge in [0.2, 0.25) is 0 Å². The first-order valence-electron chi connectivity index (χ1n) is 9.43. The Bertz CT molecular complexity index is 1060. The third-order valence-electron chi connectivity index (χ3n) is 5.33. The van der Waals surface area contributed by atoms with E-state index in [1.165, 1.54) is 11.3 Å². The average Bonchev–Trinajstić information content (AvgIpc) is 3.16. The molecular formula is C21H23N3O3S. The molecule has 1 aromatic carbocycles. The molecule has 28 heavy (non-hydrogen) atoms. The van der Waals surface area contributed by atoms with Crippen LogP contribution in [-0.4, -0.2) is 40.6 Å². The zero-order valence-electron chi connectivity index (χ0n) is 16.1. The van der Waals surface area contributed by atoms with Crippen LogP contribution in [0.2, 0.25) is 0 Å². The van der Waals surface area contributed by atoms with Crippen molar-refractivity contribution in [2.45, 2.75) is 26.3 Å². The van der Waals surface area contributed by atoms with Gasteiger partial charge in [-0.25, -0.2) is 4.98 Å². The first-order valence-corrected chi connectivity index (χ1v) is 10.3. The monoisotopic (exact) mass is 397 g/mol. The fourth-order valence-electron chi connectivity index (χ4n) is 3.69. The minimum Gasteiger partial charge on any atom is -0.497 e. The van der Waals surface area contributed by atoms with Crippen LogP contribution in [0, 0.1) is 12.8 Å². The summed E-state index contributed by atoms with van der Waals surface area (Å²) < 4.78 is 6.89. The van der Waals surface area contributed by atoms with Crippen LogP contribution in [0.25, 0.3) is 10.9 Å². The fraction of sp³-hybridized carbons (Fsp3) is 0.381. The largest absolute Gasteiger partial charge is 0.497 e. The number of rotatable bonds is 4. The Balaban J connectivity index is 1.43. The van der Waals surface area contributed by atoms with E-state index in [2.05, 4.69) is 4.98 Å². The minimum absolute atomic E-state index is 0.0276. The number of carbonyl (C=O) groups is 1. The fourth-order valence-corrected chi connectivity index (χ4v) is 4.56. The van der Waals surface area contributed by atoms with E-state index in [0.29, 0.717) is 29.1 Å². The van der Waals surface area contributed by atoms with Gasteiger partial charge in [0, 0.05) is 25.7 Å². The zero-order chi connectivity index (χ0) is 19.7. The van der Waals surface area contributed by atoms with Crippen molar-refractivity contribution in [3.05, 3.63) is 56.8 Å². The second-order valence-electron chi connectivity index (χ2n) is 7.31. The van der Waals surface area contributed by atoms with Gasteiger partial charge < -0.3 is 9.64 Å². The lowest BCUT2D eigenvalue weighted by Crippen LogP contribution is -2.39. The molecule has 0 radical (unpaired) electrons. The highest BCUT2D eigenvalue weighted by Gasteiger charge is 2.25. The quantitative estimate of drug-likeness (QED) is 0.677. The molecule has 0 aliphatic carbocycles. The van der Waals surface area contributed by atoms with Crippen LogP contribution < -0.4 is 10.3 Å². The van der Waals surface area contributed by atoms with Crippen molar-refractivity contribution < 1.29 is 9.53 Å². The second-order valence-corrected chi connectivity index (χ2v) is 8.22. The number of carbonyl (C=O) groups excluding carboxylic acids is 1. The number of piperidine rings is 1. The maximum absolute atomic E-state index is 12.8. The lowest BCUT2D eigenvalue weighted by atomic mass is 9.96. The summed E-state index contributed by atoms with van der Waals surface area (Å²) in [5.74, 6) is 1.18. The molecule has 7 heteroatoms. The summed E-state index contributed by atoms with van der Waals surface area (Å²) in [4.78, 5) is 32.5. The number of hydrogen-bond donors (Lipinski definition) is 0. The van der Waals surface area contributed by atoms with Crippen LogP contribution >= 0.6 is 11.3 Å². The topological polar surface area (TPSA) is 64.4 Å². The maximum atomic E-state index is 12.8. The molecule has 0 unspecified atom stereocenters. The smallest absolute Gasteiger partial charge is 0.263 e. The number of likely N-dealkylation sites (tertiary alicyclic amines) is 1. The van der Waals surface area contributed by atoms with Gasteiger partial charge in [0.15, 0.2) is 0 Å². The number of amides is 1. The zero-order valence-corrected chi connectivity index (χ0v) is 16.9. The molecule has 1 amide bonds. The van der Waals surface area contributed by atoms with Gasteiger partial charge >= 0.3 is 0 Å². The molecule has 0 N–H and O–H groups in total. The summed E-state index contributed by atoms with van der Waals surface area (Å²) in [6.45, 7) is 4.10. The molecule has 146 valence electrons. The summed E-state index contributed by atoms with van der Waals surface area (Å²) in [5.41, 5.74) is 1.75. The molecule has 1 saturated heterocycles. The van der Waals surface area contributed by atoms with Gasteiger partial charge in [0.1, 0.15) is 5.75 Å². The third-order valence-corrected chi connectivity index (χ3v) is 6.37. The molecule has 0 atom stereocenters. The highest BCUT2D eigenvalue weighted by atomic mass is 32.1. The standard InChI is InChI=1S/C21H23N3O3S/c1-14-9-19(28-12-14)21(26)23-7-5-15(6-8-23)11-24-13-22-18-10-16(27-2)3-4-17(18)20(24)25/h3-4,9-10,12-13,15H,5-8,11H2,1-2H3. The van der Waals surface area contributed by atoms with E-state index >= 15 is 0 Å². The first-order chi connectivity index (χ1) is 13.5. The SMILES string of the molecule is COc1ccc2c(=O)n(CC3CCN(C(=O)c4cc(C)cs4)CC3)cnc2c1. The molecule has 0 bridgehead atoms. The number of benzene rings is 1. The average molecular weight is 398 g/mol. The lowest BCUT2D eigenvalue weighted by molar-refractivity contribution is 0.0687. The number of methoxy groups -OCH3 is 1. The summed E-state index contributed by atoms with van der Waals surface area (Å²) in [7, 11) is 1.60. The van der Waals surface area contributed by atoms with E-state index in [0.717, 1.165) is 36.4 Å². The van der Waals surface area contributed by atoms with E-state index < -0.39 is 0 Å². The third kappa shape index (κ3) is 3.67. The van der Waals surface area contributed by atoms with Crippen LogP contribution in [0.4, 0.5) is 0 Å². The summed E-state index contributed by atoms with van der Waals surface area (Å²) in [6.07, 6.45) is 3.41. The number of fused-ring (bicyclic) bond motifs is 1. The Morgan fingerprint density at radius 2 is 2.07 bits per heavy atom. The Morgan fingerprint density at radius 1 is 1.29 bits per heavy atom. The summed E-state index contributed by atoms with van der Waals surface area (Å²) >= 11 is 1.51. The van der Waals surface area contributed by atoms with Gasteiger partial charge in [-0.3, -0.25) is 14.2 Å². The normalized spacial score (nSPS) is 15.1. The van der Waals surface area contributed by atoms with Crippen LogP contribution in [-0.2, 0) is 6.54 Å². The molecule has 6 nitrogen and oxygen atoms in total. The predicted molar refractivity (Wildman–Crippen MR) is 110 cm³/mol. The molecular weight excluding hydrogens is 374 g/mol. The molecule has 1 fully saturated rings. The maximum Gasteiger partial charge on any atom is 0.263 e. The van der Waals surface area contributed by atoms with Crippen LogP contribution in [0.1, 0.15) is 28.1 Å². The Labute approximate surface area is 167 Å². The number of aryl methyl sites for hydroxylation is 1. The van der Waals surface area contributed by atoms with Crippen LogP contribution in [0.15, 0.2) is 40.8 Å². The van der Waals surface area contributed by atoms with Crippen molar-refractivity contribution >= 4 is 28.1 Å². The predicted octanol–water partition coefficient (Wildman–Crippen LogP) is 3.33. The molecule has 0 saturated carbocycles. The van der Waals surface area contributed by atoms with Crippen molar-refractivity contribution in [3.8, 4) is 5.75 Å². The Hall–Kier alpha value is -2.67. The summed E-state index contributed by atoms with van der Waals surface area (Å²) in [5, 5.41) is 2.61. The summed E-state index contributed by atoms with van der Waals surface area (Å²) in [6, 6.07) is 7.28. The van der Waals surface area contributed by atoms with Crippen LogP contribution in [0.5, 0.6) is 5.75 Å². The lowest BCUT2D eigenvalue weighted by Gasteiger charge is -2.32. The number of thiophene rings is 1. The van der Waals surface area contributed by atoms with Crippen molar-refractivity contribution in [1.29, 1.82) is 0 Å². The molecule has 1 aliphatic heterocycles. The number of nitrogens with zero attached hydrogens (tertiary/aromatic N) is 3. The van der Waals surface area contributed by atoms with Crippen molar-refractivity contribution in [2.24, 2.45) is 5.92 Å². The number of hydrogen-bond acceptors (Lipinski definition) is 5. The van der Waals surface area contributed by atoms with E-state index in [1.54, 1.807) is 36.2 Å². The highest BCUT2D eigenvalue weighted by molar-refractivity contribution is 7.12. The van der Waals surface area contributed by atoms with Gasteiger partial charge in [-0.05, 0) is 54.8 Å². The Morgan fingerprint density at radius 3 is 2.75 bits per heavy atom. The molecule has 3 aromatic rings. The molecule has 4 rings (SSSR count). The molecule has 0 spiro atoms. The number of aromatic nitrogens is 2. The van der Waals surface area contributed by atoms with Gasteiger partial charge in [-0.1, -0.05) is 0 Å². The van der Waals surface area contributed by atoms with E-state index in [1.807, 2.05) is 23.3 Å². The second kappa shape index (κ2) is 7.75. The highest BCUT2D eigenvalue weighted by Crippen LogP contribution is 2.23. The first kappa shape index (κ1) is 18.7. The molecule has 1 aliphatic rings. The Kier molecular flexibility index (Phi) is 5.17.